The fourth-order valence-corrected chi connectivity index (χ4v) is 3.87. The number of carbonyl (C=O) groups excluding carboxylic acids is 3. The highest BCUT2D eigenvalue weighted by Crippen LogP contribution is 2.33. The largest absolute Gasteiger partial charge is 0.490 e. The summed E-state index contributed by atoms with van der Waals surface area (Å²) in [6, 6.07) is 8.79. The van der Waals surface area contributed by atoms with E-state index in [0.717, 1.165) is 16.5 Å². The summed E-state index contributed by atoms with van der Waals surface area (Å²) in [7, 11) is 0. The van der Waals surface area contributed by atoms with Crippen LogP contribution in [0.1, 0.15) is 60.0 Å². The second kappa shape index (κ2) is 10.3. The molecule has 0 fully saturated rings. The predicted molar refractivity (Wildman–Crippen MR) is 123 cm³/mol. The first-order valence-corrected chi connectivity index (χ1v) is 11.0. The van der Waals surface area contributed by atoms with Crippen LogP contribution >= 0.6 is 0 Å². The van der Waals surface area contributed by atoms with E-state index in [-0.39, 0.29) is 17.0 Å². The summed E-state index contributed by atoms with van der Waals surface area (Å²) in [5, 5.41) is 14.2. The van der Waals surface area contributed by atoms with Crippen LogP contribution in [0, 0.1) is 16.0 Å². The average molecular weight is 469 g/mol. The van der Waals surface area contributed by atoms with E-state index < -0.39 is 40.9 Å². The van der Waals surface area contributed by atoms with Gasteiger partial charge in [-0.25, -0.2) is 0 Å². The number of rotatable bonds is 10. The Bertz CT molecular complexity index is 1130. The molecule has 3 rings (SSSR count). The SMILES string of the molecule is CCOc1ccc([C@@H](NC(=O)CN2C(=O)c3cccc([N+](=O)[O-])c3C2=O)C(C)C)cc1OCC. The summed E-state index contributed by atoms with van der Waals surface area (Å²) in [6.45, 7) is 7.93. The molecule has 0 radical (unpaired) electrons. The number of nitrogens with zero attached hydrogens (tertiary/aromatic N) is 2. The molecule has 0 unspecified atom stereocenters. The molecule has 0 spiro atoms. The van der Waals surface area contributed by atoms with Gasteiger partial charge in [0.1, 0.15) is 12.1 Å². The van der Waals surface area contributed by atoms with Crippen molar-refractivity contribution in [3.63, 3.8) is 0 Å². The third-order valence-electron chi connectivity index (χ3n) is 5.39. The van der Waals surface area contributed by atoms with Gasteiger partial charge in [-0.2, -0.15) is 0 Å². The number of amides is 3. The lowest BCUT2D eigenvalue weighted by Crippen LogP contribution is -2.42. The van der Waals surface area contributed by atoms with Crippen molar-refractivity contribution in [3.8, 4) is 11.5 Å². The molecule has 10 nitrogen and oxygen atoms in total. The van der Waals surface area contributed by atoms with Crippen LogP contribution in [0.15, 0.2) is 36.4 Å². The molecule has 180 valence electrons. The van der Waals surface area contributed by atoms with Crippen molar-refractivity contribution in [2.24, 2.45) is 5.92 Å². The molecule has 1 heterocycles. The predicted octanol–water partition coefficient (Wildman–Crippen LogP) is 3.50. The second-order valence-electron chi connectivity index (χ2n) is 8.01. The molecule has 0 aromatic heterocycles. The lowest BCUT2D eigenvalue weighted by molar-refractivity contribution is -0.385. The summed E-state index contributed by atoms with van der Waals surface area (Å²) >= 11 is 0. The zero-order valence-electron chi connectivity index (χ0n) is 19.5. The zero-order chi connectivity index (χ0) is 25.0. The van der Waals surface area contributed by atoms with Crippen molar-refractivity contribution in [2.45, 2.75) is 33.7 Å². The highest BCUT2D eigenvalue weighted by atomic mass is 16.6. The maximum atomic E-state index is 12.9. The summed E-state index contributed by atoms with van der Waals surface area (Å²) in [6.07, 6.45) is 0. The van der Waals surface area contributed by atoms with Crippen molar-refractivity contribution in [1.82, 2.24) is 10.2 Å². The molecule has 1 aliphatic heterocycles. The minimum absolute atomic E-state index is 0.0281. The van der Waals surface area contributed by atoms with Crippen LogP contribution in [-0.4, -0.2) is 47.3 Å². The van der Waals surface area contributed by atoms with E-state index in [2.05, 4.69) is 5.32 Å². The molecule has 0 saturated carbocycles. The van der Waals surface area contributed by atoms with Crippen molar-refractivity contribution in [1.29, 1.82) is 0 Å². The van der Waals surface area contributed by atoms with Crippen LogP contribution < -0.4 is 14.8 Å². The fourth-order valence-electron chi connectivity index (χ4n) is 3.87. The van der Waals surface area contributed by atoms with E-state index >= 15 is 0 Å². The topological polar surface area (TPSA) is 128 Å². The number of nitro benzene ring substituents is 1. The Labute approximate surface area is 197 Å². The molecule has 0 bridgehead atoms. The Kier molecular flexibility index (Phi) is 7.50. The van der Waals surface area contributed by atoms with Gasteiger partial charge in [0.05, 0.1) is 29.7 Å². The molecule has 0 saturated heterocycles. The summed E-state index contributed by atoms with van der Waals surface area (Å²) in [5.41, 5.74) is -0.0660. The number of benzene rings is 2. The van der Waals surface area contributed by atoms with Gasteiger partial charge in [-0.1, -0.05) is 26.0 Å². The minimum atomic E-state index is -0.858. The quantitative estimate of drug-likeness (QED) is 0.320. The molecular weight excluding hydrogens is 442 g/mol. The molecule has 2 aromatic carbocycles. The van der Waals surface area contributed by atoms with Crippen molar-refractivity contribution in [2.75, 3.05) is 19.8 Å². The van der Waals surface area contributed by atoms with Gasteiger partial charge in [-0.15, -0.1) is 0 Å². The monoisotopic (exact) mass is 469 g/mol. The molecule has 3 amide bonds. The highest BCUT2D eigenvalue weighted by molar-refractivity contribution is 6.24. The van der Waals surface area contributed by atoms with Crippen LogP contribution in [0.4, 0.5) is 5.69 Å². The Hall–Kier alpha value is -3.95. The lowest BCUT2D eigenvalue weighted by Gasteiger charge is -2.25. The molecule has 1 aliphatic rings. The number of nitro groups is 1. The van der Waals surface area contributed by atoms with Crippen LogP contribution in [0.5, 0.6) is 11.5 Å². The number of fused-ring (bicyclic) bond motifs is 1. The highest BCUT2D eigenvalue weighted by Gasteiger charge is 2.41. The third kappa shape index (κ3) is 4.85. The second-order valence-corrected chi connectivity index (χ2v) is 8.01. The third-order valence-corrected chi connectivity index (χ3v) is 5.39. The molecule has 0 aliphatic carbocycles. The van der Waals surface area contributed by atoms with Gasteiger partial charge in [0.15, 0.2) is 11.5 Å². The summed E-state index contributed by atoms with van der Waals surface area (Å²) in [4.78, 5) is 49.6. The molecule has 1 atom stereocenters. The van der Waals surface area contributed by atoms with Crippen molar-refractivity contribution < 1.29 is 28.8 Å². The van der Waals surface area contributed by atoms with E-state index in [1.165, 1.54) is 12.1 Å². The van der Waals surface area contributed by atoms with Crippen molar-refractivity contribution >= 4 is 23.4 Å². The Morgan fingerprint density at radius 3 is 2.35 bits per heavy atom. The summed E-state index contributed by atoms with van der Waals surface area (Å²) < 4.78 is 11.3. The summed E-state index contributed by atoms with van der Waals surface area (Å²) in [5.74, 6) is -1.05. The Balaban J connectivity index is 1.81. The van der Waals surface area contributed by atoms with E-state index in [9.17, 15) is 24.5 Å². The zero-order valence-corrected chi connectivity index (χ0v) is 19.5. The number of imide groups is 1. The van der Waals surface area contributed by atoms with Crippen LogP contribution in [0.3, 0.4) is 0 Å². The average Bonchev–Trinajstić information content (AvgIpc) is 3.03. The van der Waals surface area contributed by atoms with Crippen LogP contribution in [-0.2, 0) is 4.79 Å². The number of hydrogen-bond donors (Lipinski definition) is 1. The molecule has 34 heavy (non-hydrogen) atoms. The Morgan fingerprint density at radius 1 is 1.06 bits per heavy atom. The Morgan fingerprint density at radius 2 is 1.74 bits per heavy atom. The first kappa shape index (κ1) is 24.7. The van der Waals surface area contributed by atoms with Gasteiger partial charge in [0, 0.05) is 6.07 Å². The number of carbonyl (C=O) groups is 3. The van der Waals surface area contributed by atoms with Gasteiger partial charge in [-0.3, -0.25) is 29.4 Å². The number of nitrogens with one attached hydrogen (secondary N) is 1. The smallest absolute Gasteiger partial charge is 0.282 e. The van der Waals surface area contributed by atoms with E-state index in [1.54, 1.807) is 12.1 Å². The minimum Gasteiger partial charge on any atom is -0.490 e. The molecular formula is C24H27N3O7. The first-order chi connectivity index (χ1) is 16.2. The van der Waals surface area contributed by atoms with Crippen LogP contribution in [0.25, 0.3) is 0 Å². The maximum Gasteiger partial charge on any atom is 0.282 e. The van der Waals surface area contributed by atoms with Gasteiger partial charge < -0.3 is 14.8 Å². The van der Waals surface area contributed by atoms with Gasteiger partial charge in [-0.05, 0) is 43.5 Å². The fraction of sp³-hybridized carbons (Fsp3) is 0.375. The molecule has 10 heteroatoms. The first-order valence-electron chi connectivity index (χ1n) is 11.0. The van der Waals surface area contributed by atoms with Crippen molar-refractivity contribution in [3.05, 3.63) is 63.2 Å². The molecule has 2 aromatic rings. The molecule has 1 N–H and O–H groups in total. The normalized spacial score (nSPS) is 13.6. The van der Waals surface area contributed by atoms with Gasteiger partial charge >= 0.3 is 0 Å². The standard InChI is InChI=1S/C24H27N3O7/c1-5-33-18-11-10-15(12-19(18)34-6-2)22(14(3)4)25-20(28)13-26-23(29)16-8-7-9-17(27(31)32)21(16)24(26)30/h7-12,14,22H,5-6,13H2,1-4H3,(H,25,28)/t22-/m0/s1. The lowest BCUT2D eigenvalue weighted by atomic mass is 9.95. The number of hydrogen-bond acceptors (Lipinski definition) is 7. The van der Waals surface area contributed by atoms with Crippen LogP contribution in [0.2, 0.25) is 0 Å². The van der Waals surface area contributed by atoms with Gasteiger partial charge in [0.2, 0.25) is 5.91 Å². The maximum absolute atomic E-state index is 12.9. The van der Waals surface area contributed by atoms with Gasteiger partial charge in [0.25, 0.3) is 17.5 Å². The van der Waals surface area contributed by atoms with E-state index in [1.807, 2.05) is 33.8 Å². The van der Waals surface area contributed by atoms with E-state index in [0.29, 0.717) is 24.7 Å². The van der Waals surface area contributed by atoms with E-state index in [4.69, 9.17) is 9.47 Å². The number of ether oxygens (including phenoxy) is 2.